The van der Waals surface area contributed by atoms with Gasteiger partial charge in [0.2, 0.25) is 0 Å². The predicted octanol–water partition coefficient (Wildman–Crippen LogP) is 3.52. The molecule has 0 aliphatic heterocycles. The maximum atomic E-state index is 12.1. The molecule has 0 aliphatic carbocycles. The van der Waals surface area contributed by atoms with Crippen molar-refractivity contribution in [2.45, 2.75) is 6.42 Å². The SMILES string of the molecule is O=C(Cc1ccc(Br)s1)c1cnn(-c2ccccc2)n1. The highest BCUT2D eigenvalue weighted by molar-refractivity contribution is 9.11. The van der Waals surface area contributed by atoms with Crippen LogP contribution in [0.3, 0.4) is 0 Å². The van der Waals surface area contributed by atoms with Gasteiger partial charge in [0.25, 0.3) is 0 Å². The first-order valence-electron chi connectivity index (χ1n) is 5.97. The molecule has 1 aromatic carbocycles. The van der Waals surface area contributed by atoms with Gasteiger partial charge in [0.1, 0.15) is 5.69 Å². The van der Waals surface area contributed by atoms with Gasteiger partial charge in [0.15, 0.2) is 5.78 Å². The van der Waals surface area contributed by atoms with Crippen LogP contribution in [0.25, 0.3) is 5.69 Å². The van der Waals surface area contributed by atoms with Crippen LogP contribution in [0.15, 0.2) is 52.4 Å². The van der Waals surface area contributed by atoms with E-state index in [-0.39, 0.29) is 5.78 Å². The minimum absolute atomic E-state index is 0.0264. The summed E-state index contributed by atoms with van der Waals surface area (Å²) in [4.78, 5) is 14.6. The third-order valence-electron chi connectivity index (χ3n) is 2.73. The Bertz CT molecular complexity index is 736. The average molecular weight is 348 g/mol. The fraction of sp³-hybridized carbons (Fsp3) is 0.0714. The molecule has 20 heavy (non-hydrogen) atoms. The highest BCUT2D eigenvalue weighted by Crippen LogP contribution is 2.23. The highest BCUT2D eigenvalue weighted by Gasteiger charge is 2.13. The van der Waals surface area contributed by atoms with Crippen molar-refractivity contribution in [3.63, 3.8) is 0 Å². The van der Waals surface area contributed by atoms with Gasteiger partial charge in [-0.25, -0.2) is 0 Å². The number of aromatic nitrogens is 3. The molecule has 0 saturated carbocycles. The molecule has 0 fully saturated rings. The van der Waals surface area contributed by atoms with Gasteiger partial charge in [0, 0.05) is 11.3 Å². The van der Waals surface area contributed by atoms with Gasteiger partial charge in [-0.3, -0.25) is 4.79 Å². The largest absolute Gasteiger partial charge is 0.292 e. The molecule has 2 heterocycles. The summed E-state index contributed by atoms with van der Waals surface area (Å²) in [7, 11) is 0. The normalized spacial score (nSPS) is 10.7. The number of halogens is 1. The molecule has 0 N–H and O–H groups in total. The standard InChI is InChI=1S/C14H10BrN3OS/c15-14-7-6-11(20-14)8-13(19)12-9-16-18(17-12)10-4-2-1-3-5-10/h1-7,9H,8H2. The van der Waals surface area contributed by atoms with E-state index < -0.39 is 0 Å². The summed E-state index contributed by atoms with van der Waals surface area (Å²) < 4.78 is 1.02. The van der Waals surface area contributed by atoms with E-state index in [4.69, 9.17) is 0 Å². The first-order chi connectivity index (χ1) is 9.72. The summed E-state index contributed by atoms with van der Waals surface area (Å²) in [5, 5.41) is 8.37. The van der Waals surface area contributed by atoms with Crippen LogP contribution in [0, 0.1) is 0 Å². The maximum absolute atomic E-state index is 12.1. The van der Waals surface area contributed by atoms with Gasteiger partial charge in [-0.05, 0) is 40.2 Å². The lowest BCUT2D eigenvalue weighted by Gasteiger charge is -1.97. The van der Waals surface area contributed by atoms with Crippen molar-refractivity contribution in [2.24, 2.45) is 0 Å². The fourth-order valence-corrected chi connectivity index (χ4v) is 3.25. The summed E-state index contributed by atoms with van der Waals surface area (Å²) >= 11 is 4.94. The van der Waals surface area contributed by atoms with Gasteiger partial charge < -0.3 is 0 Å². The smallest absolute Gasteiger partial charge is 0.189 e. The van der Waals surface area contributed by atoms with E-state index in [1.165, 1.54) is 11.0 Å². The third-order valence-corrected chi connectivity index (χ3v) is 4.35. The number of Topliss-reactive ketones (excluding diaryl/α,β-unsaturated/α-hetero) is 1. The lowest BCUT2D eigenvalue weighted by molar-refractivity contribution is 0.0988. The first-order valence-corrected chi connectivity index (χ1v) is 7.58. The number of rotatable bonds is 4. The van der Waals surface area contributed by atoms with Gasteiger partial charge in [-0.15, -0.1) is 16.4 Å². The van der Waals surface area contributed by atoms with Crippen LogP contribution >= 0.6 is 27.3 Å². The van der Waals surface area contributed by atoms with Gasteiger partial charge in [-0.1, -0.05) is 18.2 Å². The first kappa shape index (κ1) is 13.2. The van der Waals surface area contributed by atoms with Crippen LogP contribution in [-0.2, 0) is 6.42 Å². The zero-order valence-electron chi connectivity index (χ0n) is 10.4. The van der Waals surface area contributed by atoms with E-state index in [1.54, 1.807) is 11.3 Å². The molecule has 0 amide bonds. The zero-order chi connectivity index (χ0) is 13.9. The van der Waals surface area contributed by atoms with Crippen molar-refractivity contribution in [2.75, 3.05) is 0 Å². The van der Waals surface area contributed by atoms with Crippen LogP contribution in [0.4, 0.5) is 0 Å². The fourth-order valence-electron chi connectivity index (χ4n) is 1.77. The lowest BCUT2D eigenvalue weighted by Crippen LogP contribution is -2.05. The second-order valence-corrected chi connectivity index (χ2v) is 6.71. The molecular formula is C14H10BrN3OS. The topological polar surface area (TPSA) is 47.8 Å². The molecule has 3 aromatic rings. The van der Waals surface area contributed by atoms with Crippen LogP contribution < -0.4 is 0 Å². The second-order valence-electron chi connectivity index (χ2n) is 4.16. The highest BCUT2D eigenvalue weighted by atomic mass is 79.9. The van der Waals surface area contributed by atoms with Gasteiger partial charge in [0.05, 0.1) is 15.7 Å². The molecule has 0 radical (unpaired) electrons. The summed E-state index contributed by atoms with van der Waals surface area (Å²) in [6.07, 6.45) is 1.86. The molecule has 2 aromatic heterocycles. The molecule has 0 spiro atoms. The number of nitrogens with zero attached hydrogens (tertiary/aromatic N) is 3. The van der Waals surface area contributed by atoms with E-state index in [0.29, 0.717) is 12.1 Å². The summed E-state index contributed by atoms with van der Waals surface area (Å²) in [6, 6.07) is 13.4. The quantitative estimate of drug-likeness (QED) is 0.678. The van der Waals surface area contributed by atoms with E-state index in [1.807, 2.05) is 42.5 Å². The van der Waals surface area contributed by atoms with Crippen molar-refractivity contribution in [3.05, 3.63) is 63.0 Å². The average Bonchev–Trinajstić information content (AvgIpc) is 3.09. The second kappa shape index (κ2) is 5.68. The third kappa shape index (κ3) is 2.86. The molecule has 0 bridgehead atoms. The molecule has 6 heteroatoms. The Hall–Kier alpha value is -1.79. The van der Waals surface area contributed by atoms with E-state index in [0.717, 1.165) is 14.4 Å². The van der Waals surface area contributed by atoms with Gasteiger partial charge >= 0.3 is 0 Å². The number of hydrogen-bond donors (Lipinski definition) is 0. The van der Waals surface area contributed by atoms with Crippen LogP contribution in [-0.4, -0.2) is 20.8 Å². The Kier molecular flexibility index (Phi) is 3.75. The monoisotopic (exact) mass is 347 g/mol. The molecular weight excluding hydrogens is 338 g/mol. The van der Waals surface area contributed by atoms with Crippen molar-refractivity contribution in [1.29, 1.82) is 0 Å². The van der Waals surface area contributed by atoms with E-state index in [2.05, 4.69) is 26.1 Å². The molecule has 0 atom stereocenters. The number of hydrogen-bond acceptors (Lipinski definition) is 4. The molecule has 4 nitrogen and oxygen atoms in total. The molecule has 3 rings (SSSR count). The van der Waals surface area contributed by atoms with Crippen molar-refractivity contribution < 1.29 is 4.79 Å². The Balaban J connectivity index is 1.78. The molecule has 100 valence electrons. The number of ketones is 1. The minimum Gasteiger partial charge on any atom is -0.292 e. The van der Waals surface area contributed by atoms with Crippen molar-refractivity contribution in [1.82, 2.24) is 15.0 Å². The Morgan fingerprint density at radius 3 is 2.70 bits per heavy atom. The van der Waals surface area contributed by atoms with Crippen molar-refractivity contribution >= 4 is 33.0 Å². The lowest BCUT2D eigenvalue weighted by atomic mass is 10.2. The van der Waals surface area contributed by atoms with Crippen LogP contribution in [0.5, 0.6) is 0 Å². The Morgan fingerprint density at radius 2 is 2.00 bits per heavy atom. The van der Waals surface area contributed by atoms with E-state index in [9.17, 15) is 4.79 Å². The van der Waals surface area contributed by atoms with Crippen LogP contribution in [0.2, 0.25) is 0 Å². The summed E-state index contributed by atoms with van der Waals surface area (Å²) in [5.74, 6) is -0.0264. The molecule has 0 saturated heterocycles. The summed E-state index contributed by atoms with van der Waals surface area (Å²) in [5.41, 5.74) is 1.23. The van der Waals surface area contributed by atoms with Crippen molar-refractivity contribution in [3.8, 4) is 5.69 Å². The molecule has 0 aliphatic rings. The maximum Gasteiger partial charge on any atom is 0.189 e. The van der Waals surface area contributed by atoms with Crippen LogP contribution in [0.1, 0.15) is 15.4 Å². The number of para-hydroxylation sites is 1. The zero-order valence-corrected chi connectivity index (χ0v) is 12.8. The summed E-state index contributed by atoms with van der Waals surface area (Å²) in [6.45, 7) is 0. The minimum atomic E-state index is -0.0264. The predicted molar refractivity (Wildman–Crippen MR) is 81.4 cm³/mol. The number of carbonyl (C=O) groups excluding carboxylic acids is 1. The number of benzene rings is 1. The van der Waals surface area contributed by atoms with E-state index >= 15 is 0 Å². The van der Waals surface area contributed by atoms with Gasteiger partial charge in [-0.2, -0.15) is 9.90 Å². The number of thiophene rings is 1. The Labute approximate surface area is 128 Å². The molecule has 0 unspecified atom stereocenters. The Morgan fingerprint density at radius 1 is 1.20 bits per heavy atom. The number of carbonyl (C=O) groups is 1.